The van der Waals surface area contributed by atoms with E-state index in [-0.39, 0.29) is 0 Å². The van der Waals surface area contributed by atoms with Gasteiger partial charge in [0.2, 0.25) is 0 Å². The first-order valence-corrected chi connectivity index (χ1v) is 4.88. The molecule has 0 unspecified atom stereocenters. The van der Waals surface area contributed by atoms with Crippen LogP contribution in [0.2, 0.25) is 0 Å². The third kappa shape index (κ3) is 6.35. The fraction of sp³-hybridized carbons (Fsp3) is 0.500. The van der Waals surface area contributed by atoms with Gasteiger partial charge in [-0.05, 0) is 17.9 Å². The van der Waals surface area contributed by atoms with Gasteiger partial charge in [0, 0.05) is 6.61 Å². The fourth-order valence-electron chi connectivity index (χ4n) is 0.838. The van der Waals surface area contributed by atoms with Crippen molar-refractivity contribution in [1.82, 2.24) is 0 Å². The van der Waals surface area contributed by atoms with Crippen LogP contribution in [0.25, 0.3) is 0 Å². The highest BCUT2D eigenvalue weighted by Gasteiger charge is 1.93. The van der Waals surface area contributed by atoms with Crippen molar-refractivity contribution in [2.75, 3.05) is 6.61 Å². The molecule has 0 amide bonds. The van der Waals surface area contributed by atoms with Crippen molar-refractivity contribution < 1.29 is 5.11 Å². The second-order valence-corrected chi connectivity index (χ2v) is 3.29. The molecule has 1 N–H and O–H groups in total. The lowest BCUT2D eigenvalue weighted by Gasteiger charge is -2.01. The predicted molar refractivity (Wildman–Crippen MR) is 57.9 cm³/mol. The van der Waals surface area contributed by atoms with E-state index in [1.807, 2.05) is 13.0 Å². The van der Waals surface area contributed by atoms with Gasteiger partial charge in [-0.25, -0.2) is 0 Å². The molecule has 1 nitrogen and oxygen atoms in total. The molecule has 0 aliphatic heterocycles. The molecular formula is C12H20O. The van der Waals surface area contributed by atoms with Crippen LogP contribution in [0.1, 0.15) is 38.7 Å². The van der Waals surface area contributed by atoms with Crippen LogP contribution in [0.4, 0.5) is 0 Å². The SMILES string of the molecule is CC(C)c1ccccc1.CCCO. The van der Waals surface area contributed by atoms with Gasteiger partial charge >= 0.3 is 0 Å². The van der Waals surface area contributed by atoms with Gasteiger partial charge in [-0.15, -0.1) is 0 Å². The van der Waals surface area contributed by atoms with Crippen LogP contribution in [0.3, 0.4) is 0 Å². The summed E-state index contributed by atoms with van der Waals surface area (Å²) in [6.45, 7) is 6.66. The molecule has 0 spiro atoms. The number of aliphatic hydroxyl groups is 1. The summed E-state index contributed by atoms with van der Waals surface area (Å²) in [4.78, 5) is 0. The molecule has 0 saturated carbocycles. The van der Waals surface area contributed by atoms with E-state index in [2.05, 4.69) is 38.1 Å². The fourth-order valence-corrected chi connectivity index (χ4v) is 0.838. The number of hydrogen-bond donors (Lipinski definition) is 1. The molecule has 0 bridgehead atoms. The number of aliphatic hydroxyl groups excluding tert-OH is 1. The zero-order valence-electron chi connectivity index (χ0n) is 8.83. The summed E-state index contributed by atoms with van der Waals surface area (Å²) in [5, 5.41) is 7.88. The van der Waals surface area contributed by atoms with Gasteiger partial charge in [-0.3, -0.25) is 0 Å². The van der Waals surface area contributed by atoms with Crippen molar-refractivity contribution in [2.24, 2.45) is 0 Å². The topological polar surface area (TPSA) is 20.2 Å². The third-order valence-electron chi connectivity index (χ3n) is 1.69. The molecule has 1 rings (SSSR count). The zero-order valence-corrected chi connectivity index (χ0v) is 8.83. The Morgan fingerprint density at radius 2 is 1.62 bits per heavy atom. The van der Waals surface area contributed by atoms with Crippen LogP contribution in [0.5, 0.6) is 0 Å². The molecule has 1 heteroatoms. The van der Waals surface area contributed by atoms with Gasteiger partial charge in [0.05, 0.1) is 0 Å². The summed E-state index contributed by atoms with van der Waals surface area (Å²) in [5.41, 5.74) is 1.41. The maximum Gasteiger partial charge on any atom is 0.0428 e. The van der Waals surface area contributed by atoms with Crippen LogP contribution in [-0.2, 0) is 0 Å². The van der Waals surface area contributed by atoms with Crippen molar-refractivity contribution in [3.8, 4) is 0 Å². The molecule has 0 aliphatic rings. The normalized spacial score (nSPS) is 9.31. The predicted octanol–water partition coefficient (Wildman–Crippen LogP) is 3.20. The maximum atomic E-state index is 7.88. The molecule has 0 fully saturated rings. The summed E-state index contributed by atoms with van der Waals surface area (Å²) in [6.07, 6.45) is 0.875. The summed E-state index contributed by atoms with van der Waals surface area (Å²) in [7, 11) is 0. The van der Waals surface area contributed by atoms with Gasteiger partial charge in [0.15, 0.2) is 0 Å². The number of benzene rings is 1. The van der Waals surface area contributed by atoms with E-state index in [9.17, 15) is 0 Å². The van der Waals surface area contributed by atoms with E-state index in [1.54, 1.807) is 0 Å². The first-order valence-electron chi connectivity index (χ1n) is 4.88. The number of hydrogen-bond acceptors (Lipinski definition) is 1. The van der Waals surface area contributed by atoms with Gasteiger partial charge in [0.25, 0.3) is 0 Å². The Labute approximate surface area is 81.4 Å². The Balaban J connectivity index is 0.000000310. The summed E-state index contributed by atoms with van der Waals surface area (Å²) < 4.78 is 0. The van der Waals surface area contributed by atoms with Gasteiger partial charge in [-0.1, -0.05) is 51.1 Å². The van der Waals surface area contributed by atoms with Crippen molar-refractivity contribution >= 4 is 0 Å². The van der Waals surface area contributed by atoms with E-state index in [1.165, 1.54) is 5.56 Å². The molecular weight excluding hydrogens is 160 g/mol. The highest BCUT2D eigenvalue weighted by atomic mass is 16.2. The monoisotopic (exact) mass is 180 g/mol. The van der Waals surface area contributed by atoms with Crippen molar-refractivity contribution in [2.45, 2.75) is 33.1 Å². The summed E-state index contributed by atoms with van der Waals surface area (Å²) in [5.74, 6) is 0.659. The quantitative estimate of drug-likeness (QED) is 0.741. The average molecular weight is 180 g/mol. The van der Waals surface area contributed by atoms with E-state index < -0.39 is 0 Å². The van der Waals surface area contributed by atoms with Crippen LogP contribution >= 0.6 is 0 Å². The molecule has 74 valence electrons. The highest BCUT2D eigenvalue weighted by molar-refractivity contribution is 5.17. The van der Waals surface area contributed by atoms with Crippen molar-refractivity contribution in [3.05, 3.63) is 35.9 Å². The lowest BCUT2D eigenvalue weighted by atomic mass is 10.0. The number of rotatable bonds is 2. The molecule has 13 heavy (non-hydrogen) atoms. The molecule has 0 aromatic heterocycles. The third-order valence-corrected chi connectivity index (χ3v) is 1.69. The summed E-state index contributed by atoms with van der Waals surface area (Å²) >= 11 is 0. The minimum absolute atomic E-state index is 0.319. The van der Waals surface area contributed by atoms with Gasteiger partial charge in [-0.2, -0.15) is 0 Å². The van der Waals surface area contributed by atoms with Crippen molar-refractivity contribution in [1.29, 1.82) is 0 Å². The maximum absolute atomic E-state index is 7.88. The standard InChI is InChI=1S/C9H12.C3H8O/c1-8(2)9-6-4-3-5-7-9;1-2-3-4/h3-8H,1-2H3;4H,2-3H2,1H3. The largest absolute Gasteiger partial charge is 0.396 e. The lowest BCUT2D eigenvalue weighted by Crippen LogP contribution is -1.83. The van der Waals surface area contributed by atoms with Gasteiger partial charge < -0.3 is 5.11 Å². The van der Waals surface area contributed by atoms with Crippen LogP contribution in [0, 0.1) is 0 Å². The van der Waals surface area contributed by atoms with E-state index in [4.69, 9.17) is 5.11 Å². The van der Waals surface area contributed by atoms with E-state index in [0.29, 0.717) is 12.5 Å². The lowest BCUT2D eigenvalue weighted by molar-refractivity contribution is 0.295. The minimum atomic E-state index is 0.319. The van der Waals surface area contributed by atoms with Gasteiger partial charge in [0.1, 0.15) is 0 Å². The average Bonchev–Trinajstić information content (AvgIpc) is 2.19. The Kier molecular flexibility index (Phi) is 7.32. The Bertz CT molecular complexity index is 190. The molecule has 0 heterocycles. The Morgan fingerprint density at radius 3 is 1.85 bits per heavy atom. The molecule has 0 aliphatic carbocycles. The minimum Gasteiger partial charge on any atom is -0.396 e. The Hall–Kier alpha value is -0.820. The first kappa shape index (κ1) is 12.2. The Morgan fingerprint density at radius 1 is 1.15 bits per heavy atom. The van der Waals surface area contributed by atoms with Crippen LogP contribution in [-0.4, -0.2) is 11.7 Å². The smallest absolute Gasteiger partial charge is 0.0428 e. The highest BCUT2D eigenvalue weighted by Crippen LogP contribution is 2.11. The molecule has 1 aromatic carbocycles. The van der Waals surface area contributed by atoms with E-state index >= 15 is 0 Å². The molecule has 1 aromatic rings. The van der Waals surface area contributed by atoms with Crippen LogP contribution in [0.15, 0.2) is 30.3 Å². The second kappa shape index (κ2) is 7.81. The first-order chi connectivity index (χ1) is 6.22. The second-order valence-electron chi connectivity index (χ2n) is 3.29. The molecule has 0 radical (unpaired) electrons. The van der Waals surface area contributed by atoms with Crippen LogP contribution < -0.4 is 0 Å². The summed E-state index contributed by atoms with van der Waals surface area (Å²) in [6, 6.07) is 10.5. The molecule has 0 saturated heterocycles. The zero-order chi connectivity index (χ0) is 10.1. The van der Waals surface area contributed by atoms with Crippen molar-refractivity contribution in [3.63, 3.8) is 0 Å². The van der Waals surface area contributed by atoms with E-state index in [0.717, 1.165) is 6.42 Å². The molecule has 0 atom stereocenters.